The fourth-order valence-electron chi connectivity index (χ4n) is 2.51. The van der Waals surface area contributed by atoms with E-state index in [4.69, 9.17) is 19.9 Å². The summed E-state index contributed by atoms with van der Waals surface area (Å²) in [7, 11) is 1.55. The van der Waals surface area contributed by atoms with E-state index in [-0.39, 0.29) is 18.3 Å². The molecule has 5 nitrogen and oxygen atoms in total. The Morgan fingerprint density at radius 2 is 1.95 bits per heavy atom. The van der Waals surface area contributed by atoms with Crippen LogP contribution in [0.3, 0.4) is 0 Å². The molecule has 1 heterocycles. The quantitative estimate of drug-likeness (QED) is 0.679. The summed E-state index contributed by atoms with van der Waals surface area (Å²) >= 11 is 0. The summed E-state index contributed by atoms with van der Waals surface area (Å²) in [5.74, 6) is 0.226. The van der Waals surface area contributed by atoms with Gasteiger partial charge in [-0.15, -0.1) is 0 Å². The summed E-state index contributed by atoms with van der Waals surface area (Å²) in [5.41, 5.74) is 6.59. The Hall–Kier alpha value is -1.75. The van der Waals surface area contributed by atoms with Crippen molar-refractivity contribution in [2.75, 3.05) is 12.8 Å². The van der Waals surface area contributed by atoms with E-state index in [2.05, 4.69) is 0 Å². The highest BCUT2D eigenvalue weighted by Crippen LogP contribution is 2.25. The highest BCUT2D eigenvalue weighted by atomic mass is 16.6. The third-order valence-corrected chi connectivity index (χ3v) is 3.41. The van der Waals surface area contributed by atoms with E-state index in [1.807, 2.05) is 13.8 Å². The molecule has 1 aromatic carbocycles. The van der Waals surface area contributed by atoms with Gasteiger partial charge in [0.25, 0.3) is 0 Å². The summed E-state index contributed by atoms with van der Waals surface area (Å²) in [6.45, 7) is 3.97. The van der Waals surface area contributed by atoms with Gasteiger partial charge in [-0.2, -0.15) is 0 Å². The lowest BCUT2D eigenvalue weighted by Gasteiger charge is -2.31. The van der Waals surface area contributed by atoms with Crippen LogP contribution in [0.4, 0.5) is 5.69 Å². The second-order valence-electron chi connectivity index (χ2n) is 5.21. The number of anilines is 1. The number of esters is 1. The molecule has 1 aliphatic rings. The fourth-order valence-corrected chi connectivity index (χ4v) is 2.51. The first-order valence-corrected chi connectivity index (χ1v) is 6.79. The molecule has 0 radical (unpaired) electrons. The molecule has 1 fully saturated rings. The van der Waals surface area contributed by atoms with Crippen LogP contribution < -0.4 is 10.5 Å². The van der Waals surface area contributed by atoms with E-state index in [1.54, 1.807) is 25.3 Å². The molecule has 20 heavy (non-hydrogen) atoms. The molecule has 1 saturated heterocycles. The van der Waals surface area contributed by atoms with Crippen LogP contribution in [0.25, 0.3) is 0 Å². The number of nitrogens with two attached hydrogens (primary N) is 1. The molecule has 0 spiro atoms. The van der Waals surface area contributed by atoms with Crippen molar-refractivity contribution in [2.45, 2.75) is 45.0 Å². The fraction of sp³-hybridized carbons (Fsp3) is 0.533. The molecule has 1 aromatic rings. The Morgan fingerprint density at radius 3 is 2.50 bits per heavy atom. The maximum atomic E-state index is 12.2. The lowest BCUT2D eigenvalue weighted by atomic mass is 10.0. The van der Waals surface area contributed by atoms with E-state index in [1.165, 1.54) is 0 Å². The van der Waals surface area contributed by atoms with E-state index in [0.717, 1.165) is 0 Å². The lowest BCUT2D eigenvalue weighted by molar-refractivity contribution is -0.0855. The van der Waals surface area contributed by atoms with Crippen molar-refractivity contribution >= 4 is 11.7 Å². The third-order valence-electron chi connectivity index (χ3n) is 3.41. The normalized spacial score (nSPS) is 26.1. The number of methoxy groups -OCH3 is 1. The average Bonchev–Trinajstić information content (AvgIpc) is 2.36. The largest absolute Gasteiger partial charge is 0.497 e. The molecule has 2 unspecified atom stereocenters. The van der Waals surface area contributed by atoms with E-state index < -0.39 is 5.97 Å². The first kappa shape index (κ1) is 14.7. The number of hydrogen-bond donors (Lipinski definition) is 1. The monoisotopic (exact) mass is 279 g/mol. The van der Waals surface area contributed by atoms with E-state index >= 15 is 0 Å². The number of rotatable bonds is 3. The Balaban J connectivity index is 2.04. The first-order chi connectivity index (χ1) is 9.49. The Morgan fingerprint density at radius 1 is 1.30 bits per heavy atom. The molecule has 2 rings (SSSR count). The van der Waals surface area contributed by atoms with Crippen molar-refractivity contribution in [3.8, 4) is 5.75 Å². The Bertz CT molecular complexity index is 479. The highest BCUT2D eigenvalue weighted by molar-refractivity contribution is 5.95. The first-order valence-electron chi connectivity index (χ1n) is 6.79. The van der Waals surface area contributed by atoms with Crippen LogP contribution in [0.2, 0.25) is 0 Å². The van der Waals surface area contributed by atoms with Crippen molar-refractivity contribution in [2.24, 2.45) is 0 Å². The third kappa shape index (κ3) is 3.42. The summed E-state index contributed by atoms with van der Waals surface area (Å²) in [6, 6.07) is 4.94. The zero-order valence-electron chi connectivity index (χ0n) is 12.1. The molecular weight excluding hydrogens is 258 g/mol. The van der Waals surface area contributed by atoms with Gasteiger partial charge in [0.05, 0.1) is 24.9 Å². The van der Waals surface area contributed by atoms with Crippen LogP contribution >= 0.6 is 0 Å². The Kier molecular flexibility index (Phi) is 4.49. The molecule has 0 bridgehead atoms. The predicted molar refractivity (Wildman–Crippen MR) is 75.9 cm³/mol. The van der Waals surface area contributed by atoms with Gasteiger partial charge in [0.1, 0.15) is 11.9 Å². The number of benzene rings is 1. The second-order valence-corrected chi connectivity index (χ2v) is 5.21. The number of hydrogen-bond acceptors (Lipinski definition) is 5. The zero-order chi connectivity index (χ0) is 14.7. The standard InChI is InChI=1S/C15H21NO4/c1-9-6-12(7-10(2)19-9)20-15(17)13-5-4-11(18-3)8-14(13)16/h4-5,8-10,12H,6-7,16H2,1-3H3. The average molecular weight is 279 g/mol. The van der Waals surface area contributed by atoms with Crippen molar-refractivity contribution in [3.05, 3.63) is 23.8 Å². The van der Waals surface area contributed by atoms with E-state index in [0.29, 0.717) is 29.8 Å². The van der Waals surface area contributed by atoms with Crippen molar-refractivity contribution < 1.29 is 19.0 Å². The molecule has 0 aliphatic carbocycles. The van der Waals surface area contributed by atoms with Gasteiger partial charge in [0, 0.05) is 24.6 Å². The minimum absolute atomic E-state index is 0.102. The van der Waals surface area contributed by atoms with Crippen molar-refractivity contribution in [1.82, 2.24) is 0 Å². The molecular formula is C15H21NO4. The van der Waals surface area contributed by atoms with Gasteiger partial charge in [-0.1, -0.05) is 0 Å². The van der Waals surface area contributed by atoms with Crippen molar-refractivity contribution in [1.29, 1.82) is 0 Å². The molecule has 0 aromatic heterocycles. The number of ether oxygens (including phenoxy) is 3. The van der Waals surface area contributed by atoms with Gasteiger partial charge in [0.15, 0.2) is 0 Å². The van der Waals surface area contributed by atoms with Crippen LogP contribution in [-0.4, -0.2) is 31.4 Å². The summed E-state index contributed by atoms with van der Waals surface area (Å²) in [5, 5.41) is 0. The summed E-state index contributed by atoms with van der Waals surface area (Å²) in [6.07, 6.45) is 1.51. The van der Waals surface area contributed by atoms with Gasteiger partial charge in [-0.05, 0) is 26.0 Å². The topological polar surface area (TPSA) is 70.8 Å². The molecule has 1 aliphatic heterocycles. The number of carbonyl (C=O) groups excluding carboxylic acids is 1. The number of nitrogen functional groups attached to an aromatic ring is 1. The number of carbonyl (C=O) groups is 1. The molecule has 2 atom stereocenters. The van der Waals surface area contributed by atoms with Gasteiger partial charge in [-0.3, -0.25) is 0 Å². The van der Waals surface area contributed by atoms with Gasteiger partial charge < -0.3 is 19.9 Å². The minimum Gasteiger partial charge on any atom is -0.497 e. The molecule has 0 saturated carbocycles. The maximum absolute atomic E-state index is 12.2. The van der Waals surface area contributed by atoms with Crippen molar-refractivity contribution in [3.63, 3.8) is 0 Å². The summed E-state index contributed by atoms with van der Waals surface area (Å²) < 4.78 is 16.2. The SMILES string of the molecule is COc1ccc(C(=O)OC2CC(C)OC(C)C2)c(N)c1. The van der Waals surface area contributed by atoms with Gasteiger partial charge >= 0.3 is 5.97 Å². The highest BCUT2D eigenvalue weighted by Gasteiger charge is 2.28. The van der Waals surface area contributed by atoms with Crippen LogP contribution in [0.1, 0.15) is 37.0 Å². The molecule has 0 amide bonds. The smallest absolute Gasteiger partial charge is 0.340 e. The minimum atomic E-state index is -0.392. The maximum Gasteiger partial charge on any atom is 0.340 e. The lowest BCUT2D eigenvalue weighted by Crippen LogP contribution is -2.35. The molecule has 5 heteroatoms. The zero-order valence-corrected chi connectivity index (χ0v) is 12.1. The molecule has 110 valence electrons. The van der Waals surface area contributed by atoms with Crippen LogP contribution in [-0.2, 0) is 9.47 Å². The van der Waals surface area contributed by atoms with Gasteiger partial charge in [-0.25, -0.2) is 4.79 Å². The van der Waals surface area contributed by atoms with Gasteiger partial charge in [0.2, 0.25) is 0 Å². The predicted octanol–water partition coefficient (Wildman–Crippen LogP) is 2.39. The molecule has 2 N–H and O–H groups in total. The van der Waals surface area contributed by atoms with Crippen LogP contribution in [0, 0.1) is 0 Å². The van der Waals surface area contributed by atoms with E-state index in [9.17, 15) is 4.79 Å². The Labute approximate surface area is 119 Å². The summed E-state index contributed by atoms with van der Waals surface area (Å²) in [4.78, 5) is 12.2. The van der Waals surface area contributed by atoms with Crippen LogP contribution in [0.5, 0.6) is 5.75 Å². The second kappa shape index (κ2) is 6.13. The van der Waals surface area contributed by atoms with Crippen LogP contribution in [0.15, 0.2) is 18.2 Å².